The molecule has 0 spiro atoms. The third-order valence-electron chi connectivity index (χ3n) is 4.46. The fourth-order valence-corrected chi connectivity index (χ4v) is 4.35. The van der Waals surface area contributed by atoms with Crippen molar-refractivity contribution in [1.82, 2.24) is 5.32 Å². The third kappa shape index (κ3) is 5.50. The van der Waals surface area contributed by atoms with Crippen LogP contribution in [0.4, 0.5) is 5.69 Å². The number of amides is 1. The predicted molar refractivity (Wildman–Crippen MR) is 129 cm³/mol. The zero-order valence-corrected chi connectivity index (χ0v) is 18.9. The summed E-state index contributed by atoms with van der Waals surface area (Å²) in [6, 6.07) is 21.0. The molecule has 1 aliphatic heterocycles. The van der Waals surface area contributed by atoms with E-state index in [1.54, 1.807) is 18.2 Å². The summed E-state index contributed by atoms with van der Waals surface area (Å²) in [7, 11) is 0. The smallest absolute Gasteiger partial charge is 0.264 e. The van der Waals surface area contributed by atoms with Crippen LogP contribution in [0, 0.1) is 6.92 Å². The van der Waals surface area contributed by atoms with Gasteiger partial charge in [0.05, 0.1) is 20.6 Å². The number of hydrogen-bond donors (Lipinski definition) is 1. The number of nitrogens with one attached hydrogen (secondary N) is 1. The Hall–Kier alpha value is -2.73. The first kappa shape index (κ1) is 21.5. The maximum atomic E-state index is 12.4. The van der Waals surface area contributed by atoms with Crippen molar-refractivity contribution in [2.24, 2.45) is 4.99 Å². The van der Waals surface area contributed by atoms with E-state index in [0.29, 0.717) is 38.0 Å². The minimum atomic E-state index is -0.215. The number of halogens is 2. The van der Waals surface area contributed by atoms with Crippen LogP contribution in [0.3, 0.4) is 0 Å². The molecule has 1 saturated heterocycles. The first-order chi connectivity index (χ1) is 15.0. The maximum absolute atomic E-state index is 12.4. The largest absolute Gasteiger partial charge is 0.486 e. The molecular formula is C24H18Cl2N2O2S. The number of hydrogen-bond acceptors (Lipinski definition) is 4. The number of carbonyl (C=O) groups excluding carboxylic acids is 1. The lowest BCUT2D eigenvalue weighted by Crippen LogP contribution is -2.19. The summed E-state index contributed by atoms with van der Waals surface area (Å²) in [4.78, 5) is 17.3. The average Bonchev–Trinajstić information content (AvgIpc) is 3.08. The molecule has 1 aliphatic rings. The van der Waals surface area contributed by atoms with Gasteiger partial charge in [0, 0.05) is 0 Å². The Kier molecular flexibility index (Phi) is 6.66. The summed E-state index contributed by atoms with van der Waals surface area (Å²) in [6.07, 6.45) is 1.73. The Labute approximate surface area is 194 Å². The minimum absolute atomic E-state index is 0.215. The molecule has 3 aromatic rings. The SMILES string of the molecule is Cc1ccc(N=C2NC(=O)/C(=C/c3cc(Cl)c(OCc4ccccc4)c(Cl)c3)S2)cc1. The molecule has 1 amide bonds. The Morgan fingerprint density at radius 1 is 1.03 bits per heavy atom. The maximum Gasteiger partial charge on any atom is 0.264 e. The van der Waals surface area contributed by atoms with E-state index in [4.69, 9.17) is 27.9 Å². The van der Waals surface area contributed by atoms with E-state index >= 15 is 0 Å². The van der Waals surface area contributed by atoms with E-state index in [1.807, 2.05) is 61.5 Å². The fourth-order valence-electron chi connectivity index (χ4n) is 2.90. The number of ether oxygens (including phenoxy) is 1. The first-order valence-electron chi connectivity index (χ1n) is 9.50. The summed E-state index contributed by atoms with van der Waals surface area (Å²) in [5.74, 6) is 0.201. The van der Waals surface area contributed by atoms with E-state index in [0.717, 1.165) is 16.8 Å². The van der Waals surface area contributed by atoms with Crippen LogP contribution < -0.4 is 10.1 Å². The number of aliphatic imine (C=N–C) groups is 1. The van der Waals surface area contributed by atoms with Gasteiger partial charge in [0.1, 0.15) is 6.61 Å². The number of benzene rings is 3. The predicted octanol–water partition coefficient (Wildman–Crippen LogP) is 6.77. The van der Waals surface area contributed by atoms with Crippen molar-refractivity contribution in [2.75, 3.05) is 0 Å². The van der Waals surface area contributed by atoms with Crippen LogP contribution in [-0.2, 0) is 11.4 Å². The molecule has 0 aromatic heterocycles. The van der Waals surface area contributed by atoms with Crippen molar-refractivity contribution in [1.29, 1.82) is 0 Å². The second-order valence-electron chi connectivity index (χ2n) is 6.91. The van der Waals surface area contributed by atoms with Crippen molar-refractivity contribution in [3.05, 3.63) is 98.4 Å². The van der Waals surface area contributed by atoms with Crippen molar-refractivity contribution >= 4 is 57.8 Å². The Morgan fingerprint density at radius 2 is 1.71 bits per heavy atom. The number of rotatable bonds is 5. The van der Waals surface area contributed by atoms with Gasteiger partial charge in [-0.05, 0) is 60.2 Å². The Balaban J connectivity index is 1.50. The topological polar surface area (TPSA) is 50.7 Å². The lowest BCUT2D eigenvalue weighted by atomic mass is 10.2. The zero-order chi connectivity index (χ0) is 21.8. The van der Waals surface area contributed by atoms with Crippen molar-refractivity contribution in [3.8, 4) is 5.75 Å². The molecule has 1 heterocycles. The van der Waals surface area contributed by atoms with Crippen LogP contribution in [0.2, 0.25) is 10.0 Å². The quantitative estimate of drug-likeness (QED) is 0.420. The normalized spacial score (nSPS) is 16.0. The molecule has 0 saturated carbocycles. The van der Waals surface area contributed by atoms with Gasteiger partial charge in [-0.25, -0.2) is 4.99 Å². The standard InChI is InChI=1S/C24H18Cl2N2O2S/c1-15-7-9-18(10-8-15)27-24-28-23(29)21(31-24)13-17-11-19(25)22(20(26)12-17)30-14-16-5-3-2-4-6-16/h2-13H,14H2,1H3,(H,27,28,29)/b21-13-. The van der Waals surface area contributed by atoms with Gasteiger partial charge in [-0.1, -0.05) is 71.2 Å². The summed E-state index contributed by atoms with van der Waals surface area (Å²) in [5.41, 5.74) is 3.65. The Bertz CT molecular complexity index is 1150. The van der Waals surface area contributed by atoms with Crippen molar-refractivity contribution in [2.45, 2.75) is 13.5 Å². The molecule has 0 radical (unpaired) electrons. The molecule has 0 bridgehead atoms. The third-order valence-corrected chi connectivity index (χ3v) is 5.93. The highest BCUT2D eigenvalue weighted by Crippen LogP contribution is 2.36. The van der Waals surface area contributed by atoms with Crippen molar-refractivity contribution < 1.29 is 9.53 Å². The van der Waals surface area contributed by atoms with Crippen LogP contribution >= 0.6 is 35.0 Å². The highest BCUT2D eigenvalue weighted by Gasteiger charge is 2.24. The number of thioether (sulfide) groups is 1. The summed E-state index contributed by atoms with van der Waals surface area (Å²) in [5, 5.41) is 4.07. The minimum Gasteiger partial charge on any atom is -0.486 e. The molecule has 1 N–H and O–H groups in total. The molecule has 156 valence electrons. The van der Waals surface area contributed by atoms with Crippen LogP contribution in [0.15, 0.2) is 76.6 Å². The number of nitrogens with zero attached hydrogens (tertiary/aromatic N) is 1. The molecule has 0 unspecified atom stereocenters. The van der Waals surface area contributed by atoms with E-state index < -0.39 is 0 Å². The lowest BCUT2D eigenvalue weighted by molar-refractivity contribution is -0.115. The van der Waals surface area contributed by atoms with Gasteiger partial charge < -0.3 is 10.1 Å². The van der Waals surface area contributed by atoms with Crippen LogP contribution in [0.25, 0.3) is 6.08 Å². The first-order valence-corrected chi connectivity index (χ1v) is 11.1. The molecule has 0 atom stereocenters. The van der Waals surface area contributed by atoms with Gasteiger partial charge in [-0.2, -0.15) is 0 Å². The lowest BCUT2D eigenvalue weighted by Gasteiger charge is -2.11. The molecule has 4 rings (SSSR count). The zero-order valence-electron chi connectivity index (χ0n) is 16.6. The van der Waals surface area contributed by atoms with Crippen LogP contribution in [0.5, 0.6) is 5.75 Å². The van der Waals surface area contributed by atoms with Gasteiger partial charge in [0.15, 0.2) is 10.9 Å². The van der Waals surface area contributed by atoms with Gasteiger partial charge in [0.2, 0.25) is 0 Å². The molecule has 31 heavy (non-hydrogen) atoms. The summed E-state index contributed by atoms with van der Waals surface area (Å²) >= 11 is 14.1. The Morgan fingerprint density at radius 3 is 2.39 bits per heavy atom. The molecule has 4 nitrogen and oxygen atoms in total. The molecule has 3 aromatic carbocycles. The molecule has 0 aliphatic carbocycles. The van der Waals surface area contributed by atoms with Crippen molar-refractivity contribution in [3.63, 3.8) is 0 Å². The molecule has 7 heteroatoms. The molecular weight excluding hydrogens is 451 g/mol. The van der Waals surface area contributed by atoms with Gasteiger partial charge in [-0.3, -0.25) is 4.79 Å². The van der Waals surface area contributed by atoms with Gasteiger partial charge >= 0.3 is 0 Å². The summed E-state index contributed by atoms with van der Waals surface area (Å²) in [6.45, 7) is 2.37. The number of carbonyl (C=O) groups is 1. The van der Waals surface area contributed by atoms with Crippen LogP contribution in [-0.4, -0.2) is 11.1 Å². The van der Waals surface area contributed by atoms with E-state index in [2.05, 4.69) is 10.3 Å². The highest BCUT2D eigenvalue weighted by atomic mass is 35.5. The number of aryl methyl sites for hydroxylation is 1. The monoisotopic (exact) mass is 468 g/mol. The summed E-state index contributed by atoms with van der Waals surface area (Å²) < 4.78 is 5.80. The van der Waals surface area contributed by atoms with E-state index in [9.17, 15) is 4.79 Å². The fraction of sp³-hybridized carbons (Fsp3) is 0.0833. The number of amidine groups is 1. The second kappa shape index (κ2) is 9.60. The molecule has 1 fully saturated rings. The van der Waals surface area contributed by atoms with Crippen LogP contribution in [0.1, 0.15) is 16.7 Å². The van der Waals surface area contributed by atoms with Gasteiger partial charge in [-0.15, -0.1) is 0 Å². The van der Waals surface area contributed by atoms with E-state index in [1.165, 1.54) is 11.8 Å². The van der Waals surface area contributed by atoms with E-state index in [-0.39, 0.29) is 5.91 Å². The highest BCUT2D eigenvalue weighted by molar-refractivity contribution is 8.18. The average molecular weight is 469 g/mol. The second-order valence-corrected chi connectivity index (χ2v) is 8.75. The van der Waals surface area contributed by atoms with Gasteiger partial charge in [0.25, 0.3) is 5.91 Å².